The zero-order chi connectivity index (χ0) is 20.9. The van der Waals surface area contributed by atoms with Crippen molar-refractivity contribution in [3.8, 4) is 28.3 Å². The summed E-state index contributed by atoms with van der Waals surface area (Å²) in [6.45, 7) is 0.0469. The van der Waals surface area contributed by atoms with Gasteiger partial charge in [0, 0.05) is 6.07 Å². The van der Waals surface area contributed by atoms with Crippen molar-refractivity contribution in [2.45, 2.75) is 6.54 Å². The maximum Gasteiger partial charge on any atom is 0.258 e. The Bertz CT molecular complexity index is 1210. The molecule has 0 radical (unpaired) electrons. The fourth-order valence-corrected chi connectivity index (χ4v) is 3.73. The third kappa shape index (κ3) is 4.26. The summed E-state index contributed by atoms with van der Waals surface area (Å²) in [6.07, 6.45) is 0. The third-order valence-corrected chi connectivity index (χ3v) is 5.33. The molecule has 1 N–H and O–H groups in total. The molecule has 2 heterocycles. The van der Waals surface area contributed by atoms with E-state index in [9.17, 15) is 4.79 Å². The molecule has 0 aliphatic carbocycles. The van der Waals surface area contributed by atoms with Crippen LogP contribution in [0.4, 0.5) is 0 Å². The molecule has 0 atom stereocenters. The van der Waals surface area contributed by atoms with Gasteiger partial charge in [-0.1, -0.05) is 12.1 Å². The number of hydrogen-bond donors (Lipinski definition) is 1. The van der Waals surface area contributed by atoms with Gasteiger partial charge in [0.05, 0.1) is 35.5 Å². The van der Waals surface area contributed by atoms with Gasteiger partial charge in [-0.05, 0) is 36.4 Å². The van der Waals surface area contributed by atoms with E-state index in [1.54, 1.807) is 29.5 Å². The van der Waals surface area contributed by atoms with Gasteiger partial charge in [0.15, 0.2) is 28.9 Å². The first-order valence-electron chi connectivity index (χ1n) is 9.08. The smallest absolute Gasteiger partial charge is 0.258 e. The number of carbonyl (C=O) groups is 1. The van der Waals surface area contributed by atoms with Crippen molar-refractivity contribution in [1.29, 1.82) is 5.26 Å². The van der Waals surface area contributed by atoms with Crippen LogP contribution in [0, 0.1) is 11.3 Å². The predicted molar refractivity (Wildman–Crippen MR) is 112 cm³/mol. The Morgan fingerprint density at radius 2 is 2.07 bits per heavy atom. The molecular weight excluding hydrogens is 402 g/mol. The van der Waals surface area contributed by atoms with Gasteiger partial charge in [-0.3, -0.25) is 4.79 Å². The zero-order valence-electron chi connectivity index (χ0n) is 16.0. The number of carbonyl (C=O) groups excluding carboxylic acids is 1. The van der Waals surface area contributed by atoms with Gasteiger partial charge >= 0.3 is 0 Å². The quantitative estimate of drug-likeness (QED) is 0.484. The molecule has 0 fully saturated rings. The Hall–Kier alpha value is -3.83. The second kappa shape index (κ2) is 8.68. The summed E-state index contributed by atoms with van der Waals surface area (Å²) in [6, 6.07) is 18.3. The molecule has 4 rings (SSSR count). The second-order valence-corrected chi connectivity index (χ2v) is 7.33. The van der Waals surface area contributed by atoms with Crippen molar-refractivity contribution in [2.24, 2.45) is 0 Å². The molecular formula is C22H17N3O4S. The van der Waals surface area contributed by atoms with Gasteiger partial charge in [-0.25, -0.2) is 4.98 Å². The minimum atomic E-state index is -0.306. The van der Waals surface area contributed by atoms with Crippen molar-refractivity contribution < 1.29 is 18.7 Å². The number of fused-ring (bicyclic) bond motifs is 1. The van der Waals surface area contributed by atoms with Crippen LogP contribution in [-0.4, -0.2) is 24.6 Å². The van der Waals surface area contributed by atoms with Gasteiger partial charge in [0.25, 0.3) is 5.91 Å². The van der Waals surface area contributed by atoms with Crippen molar-refractivity contribution in [3.05, 3.63) is 65.9 Å². The molecule has 4 aromatic rings. The van der Waals surface area contributed by atoms with Crippen LogP contribution in [0.3, 0.4) is 0 Å². The Morgan fingerprint density at radius 3 is 2.87 bits per heavy atom. The topological polar surface area (TPSA) is 97.4 Å². The Labute approximate surface area is 176 Å². The van der Waals surface area contributed by atoms with E-state index in [0.717, 1.165) is 15.2 Å². The van der Waals surface area contributed by atoms with E-state index in [1.807, 2.05) is 42.5 Å². The molecule has 0 bridgehead atoms. The van der Waals surface area contributed by atoms with Crippen LogP contribution in [0.2, 0.25) is 0 Å². The number of ether oxygens (including phenoxy) is 2. The van der Waals surface area contributed by atoms with Crippen molar-refractivity contribution in [1.82, 2.24) is 10.3 Å². The van der Waals surface area contributed by atoms with Crippen LogP contribution in [0.15, 0.2) is 59.0 Å². The summed E-state index contributed by atoms with van der Waals surface area (Å²) in [5, 5.41) is 12.5. The second-order valence-electron chi connectivity index (χ2n) is 6.30. The zero-order valence-corrected chi connectivity index (χ0v) is 16.9. The first-order valence-corrected chi connectivity index (χ1v) is 9.90. The molecule has 7 nitrogen and oxygen atoms in total. The molecule has 30 heavy (non-hydrogen) atoms. The van der Waals surface area contributed by atoms with E-state index >= 15 is 0 Å². The lowest BCUT2D eigenvalue weighted by Crippen LogP contribution is -2.28. The average molecular weight is 419 g/mol. The van der Waals surface area contributed by atoms with Crippen LogP contribution < -0.4 is 14.8 Å². The highest BCUT2D eigenvalue weighted by Gasteiger charge is 2.12. The lowest BCUT2D eigenvalue weighted by Gasteiger charge is -2.10. The Balaban J connectivity index is 1.33. The van der Waals surface area contributed by atoms with E-state index in [-0.39, 0.29) is 19.1 Å². The van der Waals surface area contributed by atoms with Gasteiger partial charge in [-0.15, -0.1) is 11.3 Å². The summed E-state index contributed by atoms with van der Waals surface area (Å²) in [5.74, 6) is 1.77. The summed E-state index contributed by atoms with van der Waals surface area (Å²) < 4.78 is 17.6. The minimum absolute atomic E-state index is 0.187. The summed E-state index contributed by atoms with van der Waals surface area (Å²) >= 11 is 1.56. The molecule has 0 saturated carbocycles. The highest BCUT2D eigenvalue weighted by Crippen LogP contribution is 2.31. The minimum Gasteiger partial charge on any atom is -0.493 e. The summed E-state index contributed by atoms with van der Waals surface area (Å²) in [5.41, 5.74) is 1.38. The molecule has 0 aliphatic heterocycles. The number of nitriles is 1. The fourth-order valence-electron chi connectivity index (χ4n) is 2.80. The largest absolute Gasteiger partial charge is 0.493 e. The Morgan fingerprint density at radius 1 is 1.20 bits per heavy atom. The van der Waals surface area contributed by atoms with Crippen LogP contribution in [0.1, 0.15) is 11.3 Å². The fraction of sp³-hybridized carbons (Fsp3) is 0.136. The molecule has 0 saturated heterocycles. The van der Waals surface area contributed by atoms with Gasteiger partial charge in [-0.2, -0.15) is 5.26 Å². The number of methoxy groups -OCH3 is 1. The number of benzene rings is 2. The number of para-hydroxylation sites is 1. The van der Waals surface area contributed by atoms with E-state index in [1.165, 1.54) is 7.11 Å². The number of thiazole rings is 1. The lowest BCUT2D eigenvalue weighted by molar-refractivity contribution is -0.123. The molecule has 1 amide bonds. The number of aromatic nitrogens is 1. The van der Waals surface area contributed by atoms with E-state index in [4.69, 9.17) is 19.2 Å². The van der Waals surface area contributed by atoms with E-state index < -0.39 is 0 Å². The summed E-state index contributed by atoms with van der Waals surface area (Å²) in [7, 11) is 1.48. The number of nitrogens with zero attached hydrogens (tertiary/aromatic N) is 2. The van der Waals surface area contributed by atoms with Crippen molar-refractivity contribution in [2.75, 3.05) is 13.7 Å². The molecule has 2 aromatic heterocycles. The van der Waals surface area contributed by atoms with Gasteiger partial charge in [0.1, 0.15) is 5.76 Å². The van der Waals surface area contributed by atoms with Crippen LogP contribution in [0.5, 0.6) is 11.5 Å². The normalized spacial score (nSPS) is 10.5. The van der Waals surface area contributed by atoms with Crippen LogP contribution >= 0.6 is 11.3 Å². The average Bonchev–Trinajstić information content (AvgIpc) is 3.42. The first-order chi connectivity index (χ1) is 14.7. The highest BCUT2D eigenvalue weighted by atomic mass is 32.1. The monoisotopic (exact) mass is 419 g/mol. The van der Waals surface area contributed by atoms with Gasteiger partial charge in [0.2, 0.25) is 0 Å². The SMILES string of the molecule is COc1cc(C#N)ccc1OCC(=O)NCc1ccc(-c2nc3ccccc3s2)o1. The highest BCUT2D eigenvalue weighted by molar-refractivity contribution is 7.21. The van der Waals surface area contributed by atoms with E-state index in [2.05, 4.69) is 10.3 Å². The molecule has 0 spiro atoms. The van der Waals surface area contributed by atoms with Crippen LogP contribution in [-0.2, 0) is 11.3 Å². The number of furan rings is 1. The molecule has 2 aromatic carbocycles. The third-order valence-electron chi connectivity index (χ3n) is 4.28. The molecule has 8 heteroatoms. The maximum absolute atomic E-state index is 12.1. The standard InChI is InChI=1S/C22H17N3O4S/c1-27-19-10-14(11-23)6-8-17(19)28-13-21(26)24-12-15-7-9-18(29-15)22-25-16-4-2-3-5-20(16)30-22/h2-10H,12-13H2,1H3,(H,24,26). The number of rotatable bonds is 7. The summed E-state index contributed by atoms with van der Waals surface area (Å²) in [4.78, 5) is 16.7. The first kappa shape index (κ1) is 19.5. The number of amides is 1. The maximum atomic E-state index is 12.1. The number of hydrogen-bond acceptors (Lipinski definition) is 7. The van der Waals surface area contributed by atoms with Crippen molar-refractivity contribution in [3.63, 3.8) is 0 Å². The molecule has 150 valence electrons. The predicted octanol–water partition coefficient (Wildman–Crippen LogP) is 4.13. The molecule has 0 unspecified atom stereocenters. The van der Waals surface area contributed by atoms with Crippen LogP contribution in [0.25, 0.3) is 21.0 Å². The van der Waals surface area contributed by atoms with Gasteiger partial charge < -0.3 is 19.2 Å². The number of nitrogens with one attached hydrogen (secondary N) is 1. The molecule has 0 aliphatic rings. The lowest BCUT2D eigenvalue weighted by atomic mass is 10.2. The van der Waals surface area contributed by atoms with E-state index in [0.29, 0.717) is 28.6 Å². The van der Waals surface area contributed by atoms with Crippen molar-refractivity contribution >= 4 is 27.5 Å². The Kier molecular flexibility index (Phi) is 5.63.